The summed E-state index contributed by atoms with van der Waals surface area (Å²) in [5.41, 5.74) is 1.34. The first-order valence-electron chi connectivity index (χ1n) is 9.51. The van der Waals surface area contributed by atoms with Gasteiger partial charge in [0.1, 0.15) is 12.1 Å². The Bertz CT molecular complexity index is 1160. The van der Waals surface area contributed by atoms with Gasteiger partial charge < -0.3 is 14.7 Å². The summed E-state index contributed by atoms with van der Waals surface area (Å²) in [6, 6.07) is 1.71. The first-order chi connectivity index (χ1) is 14.8. The molecule has 0 aromatic carbocycles. The van der Waals surface area contributed by atoms with Gasteiger partial charge in [0.15, 0.2) is 18.0 Å². The van der Waals surface area contributed by atoms with Crippen molar-refractivity contribution in [1.29, 1.82) is 0 Å². The van der Waals surface area contributed by atoms with Crippen molar-refractivity contribution in [3.05, 3.63) is 35.6 Å². The van der Waals surface area contributed by atoms with Gasteiger partial charge in [-0.1, -0.05) is 5.16 Å². The summed E-state index contributed by atoms with van der Waals surface area (Å²) >= 11 is 0.0279. The maximum absolute atomic E-state index is 13.1. The number of halogens is 4. The molecule has 0 radical (unpaired) electrons. The van der Waals surface area contributed by atoms with E-state index in [1.807, 2.05) is 4.90 Å². The lowest BCUT2D eigenvalue weighted by atomic mass is 9.92. The van der Waals surface area contributed by atoms with E-state index in [2.05, 4.69) is 20.4 Å². The van der Waals surface area contributed by atoms with Crippen LogP contribution in [-0.4, -0.2) is 44.3 Å². The topological polar surface area (TPSA) is 89.1 Å². The Balaban J connectivity index is 1.45. The van der Waals surface area contributed by atoms with Crippen molar-refractivity contribution in [3.63, 3.8) is 0 Å². The molecule has 1 N–H and O–H groups in total. The lowest BCUT2D eigenvalue weighted by molar-refractivity contribution is -0.133. The summed E-state index contributed by atoms with van der Waals surface area (Å²) in [6.07, 6.45) is -0.919. The molecule has 3 aromatic heterocycles. The highest BCUT2D eigenvalue weighted by atomic mass is 32.2. The van der Waals surface area contributed by atoms with Gasteiger partial charge in [0, 0.05) is 30.3 Å². The van der Waals surface area contributed by atoms with E-state index in [0.29, 0.717) is 34.7 Å². The number of alkyl halides is 3. The molecule has 0 atom stereocenters. The van der Waals surface area contributed by atoms with Crippen molar-refractivity contribution >= 4 is 35.1 Å². The van der Waals surface area contributed by atoms with Crippen LogP contribution in [0.5, 0.6) is 0 Å². The molecular formula is C18H16F4N6O2S. The molecule has 1 fully saturated rings. The number of carbonyl (C=O) groups excluding carboxylic acids is 1. The van der Waals surface area contributed by atoms with E-state index in [1.165, 1.54) is 10.3 Å². The molecule has 8 nitrogen and oxygen atoms in total. The predicted octanol–water partition coefficient (Wildman–Crippen LogP) is 3.53. The lowest BCUT2D eigenvalue weighted by Gasteiger charge is -2.33. The van der Waals surface area contributed by atoms with Crippen LogP contribution in [0.15, 0.2) is 23.1 Å². The third-order valence-corrected chi connectivity index (χ3v) is 6.13. The molecule has 1 amide bonds. The van der Waals surface area contributed by atoms with Crippen LogP contribution in [0.1, 0.15) is 41.1 Å². The summed E-state index contributed by atoms with van der Waals surface area (Å²) in [5, 5.41) is 6.99. The average Bonchev–Trinajstić information content (AvgIpc) is 3.16. The highest BCUT2D eigenvalue weighted by Crippen LogP contribution is 2.53. The van der Waals surface area contributed by atoms with Crippen LogP contribution < -0.4 is 10.2 Å². The van der Waals surface area contributed by atoms with Crippen LogP contribution in [0.25, 0.3) is 11.0 Å². The number of hydrogen-bond donors (Lipinski definition) is 1. The standard InChI is InChI=1S/C18H16F4N6O2S/c19-18(20,21)4-5-23-16(29)12-11-7-27(8-17(2-3-17)13(11)26-30-12)14-10-1-6-28(31-22)15(10)25-9-24-14/h1,6,9H,2-5,7-8H2,(H,23,29). The van der Waals surface area contributed by atoms with Gasteiger partial charge in [0.2, 0.25) is 5.76 Å². The molecule has 1 aliphatic carbocycles. The number of rotatable bonds is 5. The van der Waals surface area contributed by atoms with Gasteiger partial charge in [-0.05, 0) is 18.9 Å². The second-order valence-corrected chi connectivity index (χ2v) is 8.27. The second-order valence-electron chi connectivity index (χ2n) is 7.74. The van der Waals surface area contributed by atoms with Gasteiger partial charge in [-0.3, -0.25) is 4.79 Å². The smallest absolute Gasteiger partial charge is 0.350 e. The molecule has 0 bridgehead atoms. The second kappa shape index (κ2) is 7.11. The molecule has 0 unspecified atom stereocenters. The van der Waals surface area contributed by atoms with E-state index >= 15 is 0 Å². The molecule has 1 aliphatic heterocycles. The maximum atomic E-state index is 13.1. The fraction of sp³-hybridized carbons (Fsp3) is 0.444. The molecule has 13 heteroatoms. The van der Waals surface area contributed by atoms with Gasteiger partial charge in [0.05, 0.1) is 24.0 Å². The van der Waals surface area contributed by atoms with Crippen LogP contribution in [0.2, 0.25) is 0 Å². The summed E-state index contributed by atoms with van der Waals surface area (Å²) in [6.45, 7) is 0.276. The number of carbonyl (C=O) groups is 1. The predicted molar refractivity (Wildman–Crippen MR) is 103 cm³/mol. The first-order valence-corrected chi connectivity index (χ1v) is 10.2. The molecule has 4 heterocycles. The number of amides is 1. The Morgan fingerprint density at radius 1 is 1.32 bits per heavy atom. The molecule has 1 saturated carbocycles. The third kappa shape index (κ3) is 3.50. The Hall–Kier alpha value is -2.83. The molecule has 3 aromatic rings. The number of nitrogens with zero attached hydrogens (tertiary/aromatic N) is 5. The van der Waals surface area contributed by atoms with Gasteiger partial charge in [0.25, 0.3) is 5.91 Å². The molecule has 0 saturated heterocycles. The Morgan fingerprint density at radius 2 is 2.13 bits per heavy atom. The van der Waals surface area contributed by atoms with E-state index in [4.69, 9.17) is 4.52 Å². The van der Waals surface area contributed by atoms with E-state index < -0.39 is 25.0 Å². The normalized spacial score (nSPS) is 17.2. The molecule has 5 rings (SSSR count). The quantitative estimate of drug-likeness (QED) is 0.588. The van der Waals surface area contributed by atoms with Crippen molar-refractivity contribution in [3.8, 4) is 0 Å². The fourth-order valence-electron chi connectivity index (χ4n) is 4.05. The van der Waals surface area contributed by atoms with Crippen LogP contribution in [0.4, 0.5) is 22.9 Å². The van der Waals surface area contributed by atoms with Crippen molar-refractivity contribution in [1.82, 2.24) is 24.4 Å². The van der Waals surface area contributed by atoms with Crippen molar-refractivity contribution in [2.45, 2.75) is 37.4 Å². The number of nitrogens with one attached hydrogen (secondary N) is 1. The van der Waals surface area contributed by atoms with Gasteiger partial charge in [-0.25, -0.2) is 13.9 Å². The average molecular weight is 456 g/mol. The van der Waals surface area contributed by atoms with Crippen LogP contribution in [0.3, 0.4) is 0 Å². The van der Waals surface area contributed by atoms with E-state index in [9.17, 15) is 21.9 Å². The Kier molecular flexibility index (Phi) is 4.61. The molecule has 164 valence electrons. The largest absolute Gasteiger partial charge is 0.390 e. The SMILES string of the molecule is O=C(NCCC(F)(F)F)c1onc2c1CN(c1ncnc3c1ccn3SF)CC21CC1. The first kappa shape index (κ1) is 20.1. The minimum Gasteiger partial charge on any atom is -0.350 e. The van der Waals surface area contributed by atoms with E-state index in [-0.39, 0.29) is 30.1 Å². The minimum absolute atomic E-state index is 0.0279. The monoisotopic (exact) mass is 456 g/mol. The molecule has 1 spiro atoms. The lowest BCUT2D eigenvalue weighted by Crippen LogP contribution is -2.39. The van der Waals surface area contributed by atoms with Gasteiger partial charge >= 0.3 is 6.18 Å². The molecule has 31 heavy (non-hydrogen) atoms. The highest BCUT2D eigenvalue weighted by Gasteiger charge is 2.53. The number of hydrogen-bond acceptors (Lipinski definition) is 7. The van der Waals surface area contributed by atoms with Gasteiger partial charge in [-0.2, -0.15) is 13.2 Å². The zero-order chi connectivity index (χ0) is 21.8. The molecular weight excluding hydrogens is 440 g/mol. The van der Waals surface area contributed by atoms with Crippen LogP contribution in [0, 0.1) is 0 Å². The number of fused-ring (bicyclic) bond motifs is 3. The summed E-state index contributed by atoms with van der Waals surface area (Å²) in [5.74, 6) is -0.238. The highest BCUT2D eigenvalue weighted by molar-refractivity contribution is 7.92. The van der Waals surface area contributed by atoms with Crippen LogP contribution >= 0.6 is 12.3 Å². The van der Waals surface area contributed by atoms with E-state index in [1.54, 1.807) is 12.3 Å². The Morgan fingerprint density at radius 3 is 2.84 bits per heavy atom. The van der Waals surface area contributed by atoms with Crippen molar-refractivity contribution in [2.24, 2.45) is 0 Å². The van der Waals surface area contributed by atoms with Crippen molar-refractivity contribution in [2.75, 3.05) is 18.0 Å². The maximum Gasteiger partial charge on any atom is 0.390 e. The Labute approximate surface area is 177 Å². The van der Waals surface area contributed by atoms with Crippen LogP contribution in [-0.2, 0) is 12.0 Å². The minimum atomic E-state index is -4.37. The third-order valence-electron chi connectivity index (χ3n) is 5.69. The summed E-state index contributed by atoms with van der Waals surface area (Å²) in [7, 11) is 0. The number of aromatic nitrogens is 4. The fourth-order valence-corrected chi connectivity index (χ4v) is 4.37. The van der Waals surface area contributed by atoms with Crippen molar-refractivity contribution < 1.29 is 26.4 Å². The molecule has 2 aliphatic rings. The summed E-state index contributed by atoms with van der Waals surface area (Å²) < 4.78 is 56.9. The van der Waals surface area contributed by atoms with E-state index in [0.717, 1.165) is 12.8 Å². The zero-order valence-corrected chi connectivity index (χ0v) is 16.8. The summed E-state index contributed by atoms with van der Waals surface area (Å²) in [4.78, 5) is 22.9. The zero-order valence-electron chi connectivity index (χ0n) is 15.9. The number of anilines is 1. The van der Waals surface area contributed by atoms with Gasteiger partial charge in [-0.15, -0.1) is 3.89 Å².